The number of hydrogen-bond donors (Lipinski definition) is 2. The minimum Gasteiger partial charge on any atom is -0.479 e. The molecule has 0 aromatic heterocycles. The first-order valence-corrected chi connectivity index (χ1v) is 11.1. The topological polar surface area (TPSA) is 75.6 Å². The van der Waals surface area contributed by atoms with Crippen molar-refractivity contribution in [2.75, 3.05) is 6.61 Å². The second-order valence-corrected chi connectivity index (χ2v) is 9.57. The van der Waals surface area contributed by atoms with Gasteiger partial charge in [-0.3, -0.25) is 0 Å². The predicted molar refractivity (Wildman–Crippen MR) is 128 cm³/mol. The van der Waals surface area contributed by atoms with E-state index >= 15 is 0 Å². The lowest BCUT2D eigenvalue weighted by Crippen LogP contribution is -2.35. The Bertz CT molecular complexity index is 1160. The second-order valence-electron chi connectivity index (χ2n) is 9.57. The van der Waals surface area contributed by atoms with Crippen molar-refractivity contribution in [2.24, 2.45) is 0 Å². The number of hydrogen-bond acceptors (Lipinski definition) is 3. The fourth-order valence-corrected chi connectivity index (χ4v) is 4.75. The highest BCUT2D eigenvalue weighted by Gasteiger charge is 2.30. The molecule has 4 rings (SSSR count). The van der Waals surface area contributed by atoms with Gasteiger partial charge < -0.3 is 15.2 Å². The molecular weight excluding hydrogens is 414 g/mol. The van der Waals surface area contributed by atoms with Gasteiger partial charge in [0.2, 0.25) is 0 Å². The van der Waals surface area contributed by atoms with Crippen LogP contribution in [-0.2, 0) is 14.9 Å². The van der Waals surface area contributed by atoms with Gasteiger partial charge in [0.05, 0.1) is 0 Å². The number of amides is 1. The van der Waals surface area contributed by atoms with E-state index in [1.807, 2.05) is 55.5 Å². The molecule has 0 saturated carbocycles. The van der Waals surface area contributed by atoms with Crippen LogP contribution in [0.1, 0.15) is 60.5 Å². The Hall–Kier alpha value is -3.60. The summed E-state index contributed by atoms with van der Waals surface area (Å²) >= 11 is 0. The number of carbonyl (C=O) groups is 2. The van der Waals surface area contributed by atoms with Crippen LogP contribution in [0.2, 0.25) is 0 Å². The summed E-state index contributed by atoms with van der Waals surface area (Å²) < 4.78 is 5.54. The minimum absolute atomic E-state index is 0.0540. The molecule has 5 heteroatoms. The van der Waals surface area contributed by atoms with Gasteiger partial charge in [-0.25, -0.2) is 9.59 Å². The maximum Gasteiger partial charge on any atom is 0.408 e. The van der Waals surface area contributed by atoms with Gasteiger partial charge in [-0.1, -0.05) is 87.5 Å². The third-order valence-corrected chi connectivity index (χ3v) is 6.24. The third kappa shape index (κ3) is 4.49. The number of carboxylic acids is 1. The summed E-state index contributed by atoms with van der Waals surface area (Å²) in [5.74, 6) is -1.22. The van der Waals surface area contributed by atoms with Crippen LogP contribution in [0.25, 0.3) is 11.1 Å². The quantitative estimate of drug-likeness (QED) is 0.510. The molecule has 3 aromatic carbocycles. The molecule has 3 aromatic rings. The summed E-state index contributed by atoms with van der Waals surface area (Å²) in [4.78, 5) is 24.6. The zero-order valence-electron chi connectivity index (χ0n) is 19.4. The van der Waals surface area contributed by atoms with E-state index in [-0.39, 0.29) is 17.9 Å². The first-order valence-electron chi connectivity index (χ1n) is 11.1. The van der Waals surface area contributed by atoms with Gasteiger partial charge in [0.1, 0.15) is 6.61 Å². The van der Waals surface area contributed by atoms with Crippen LogP contribution < -0.4 is 5.32 Å². The molecule has 0 saturated heterocycles. The van der Waals surface area contributed by atoms with Gasteiger partial charge in [-0.15, -0.1) is 0 Å². The van der Waals surface area contributed by atoms with Gasteiger partial charge in [-0.2, -0.15) is 0 Å². The molecule has 0 bridgehead atoms. The largest absolute Gasteiger partial charge is 0.479 e. The van der Waals surface area contributed by atoms with E-state index in [9.17, 15) is 14.7 Å². The van der Waals surface area contributed by atoms with Crippen molar-refractivity contribution in [3.8, 4) is 11.1 Å². The fraction of sp³-hybridized carbons (Fsp3) is 0.286. The van der Waals surface area contributed by atoms with Gasteiger partial charge in [0.25, 0.3) is 0 Å². The average Bonchev–Trinajstić information content (AvgIpc) is 3.08. The SMILES string of the molecule is Cc1cc(C(NC(=O)OCC2c3ccccc3-c3ccccc32)C(=O)O)ccc1C(C)(C)C. The standard InChI is InChI=1S/C28H29NO4/c1-17-15-18(13-14-24(17)28(2,3)4)25(26(30)31)29-27(32)33-16-23-21-11-7-5-9-19(21)20-10-6-8-12-22(20)23/h5-15,23,25H,16H2,1-4H3,(H,29,32)(H,30,31). The van der Waals surface area contributed by atoms with E-state index in [1.165, 1.54) is 0 Å². The number of aryl methyl sites for hydroxylation is 1. The zero-order chi connectivity index (χ0) is 23.8. The summed E-state index contributed by atoms with van der Waals surface area (Å²) in [6, 6.07) is 20.5. The molecule has 1 unspecified atom stereocenters. The minimum atomic E-state index is -1.19. The van der Waals surface area contributed by atoms with Crippen LogP contribution in [0.3, 0.4) is 0 Å². The van der Waals surface area contributed by atoms with E-state index in [0.29, 0.717) is 5.56 Å². The predicted octanol–water partition coefficient (Wildman–Crippen LogP) is 5.96. The average molecular weight is 444 g/mol. The highest BCUT2D eigenvalue weighted by molar-refractivity contribution is 5.82. The van der Waals surface area contributed by atoms with Gasteiger partial charge in [0.15, 0.2) is 6.04 Å². The van der Waals surface area contributed by atoms with E-state index in [0.717, 1.165) is 33.4 Å². The van der Waals surface area contributed by atoms with Crippen molar-refractivity contribution in [1.82, 2.24) is 5.32 Å². The van der Waals surface area contributed by atoms with E-state index < -0.39 is 18.1 Å². The van der Waals surface area contributed by atoms with Crippen LogP contribution >= 0.6 is 0 Å². The first kappa shape index (κ1) is 22.6. The Morgan fingerprint density at radius 1 is 0.970 bits per heavy atom. The molecule has 0 fully saturated rings. The molecule has 2 N–H and O–H groups in total. The Balaban J connectivity index is 1.49. The molecule has 0 radical (unpaired) electrons. The Morgan fingerprint density at radius 2 is 1.55 bits per heavy atom. The number of alkyl carbamates (subject to hydrolysis) is 1. The summed E-state index contributed by atoms with van der Waals surface area (Å²) in [7, 11) is 0. The number of benzene rings is 3. The van der Waals surface area contributed by atoms with Crippen LogP contribution in [0, 0.1) is 6.92 Å². The molecule has 1 aliphatic rings. The highest BCUT2D eigenvalue weighted by Crippen LogP contribution is 2.44. The molecule has 0 heterocycles. The lowest BCUT2D eigenvalue weighted by atomic mass is 9.83. The van der Waals surface area contributed by atoms with E-state index in [4.69, 9.17) is 4.74 Å². The molecule has 33 heavy (non-hydrogen) atoms. The van der Waals surface area contributed by atoms with Crippen LogP contribution in [0.15, 0.2) is 66.7 Å². The Kier molecular flexibility index (Phi) is 5.98. The molecule has 1 aliphatic carbocycles. The lowest BCUT2D eigenvalue weighted by Gasteiger charge is -2.23. The van der Waals surface area contributed by atoms with Crippen molar-refractivity contribution < 1.29 is 19.4 Å². The summed E-state index contributed by atoms with van der Waals surface area (Å²) in [5, 5.41) is 12.3. The number of aliphatic carboxylic acids is 1. The number of rotatable bonds is 5. The molecule has 0 aliphatic heterocycles. The zero-order valence-corrected chi connectivity index (χ0v) is 19.4. The van der Waals surface area contributed by atoms with E-state index in [1.54, 1.807) is 6.07 Å². The third-order valence-electron chi connectivity index (χ3n) is 6.24. The van der Waals surface area contributed by atoms with E-state index in [2.05, 4.69) is 38.2 Å². The lowest BCUT2D eigenvalue weighted by molar-refractivity contribution is -0.139. The van der Waals surface area contributed by atoms with Gasteiger partial charge in [-0.05, 0) is 51.3 Å². The molecule has 0 spiro atoms. The van der Waals surface area contributed by atoms with Crippen molar-refractivity contribution in [3.05, 3.63) is 94.5 Å². The first-order chi connectivity index (χ1) is 15.7. The van der Waals surface area contributed by atoms with Gasteiger partial charge in [0, 0.05) is 5.92 Å². The monoisotopic (exact) mass is 443 g/mol. The van der Waals surface area contributed by atoms with Crippen molar-refractivity contribution in [3.63, 3.8) is 0 Å². The summed E-state index contributed by atoms with van der Waals surface area (Å²) in [5.41, 5.74) is 7.07. The van der Waals surface area contributed by atoms with Crippen LogP contribution in [0.4, 0.5) is 4.79 Å². The molecular formula is C28H29NO4. The highest BCUT2D eigenvalue weighted by atomic mass is 16.5. The maximum atomic E-state index is 12.6. The van der Waals surface area contributed by atoms with Crippen molar-refractivity contribution in [2.45, 2.75) is 45.1 Å². The molecule has 5 nitrogen and oxygen atoms in total. The van der Waals surface area contributed by atoms with Crippen LogP contribution in [0.5, 0.6) is 0 Å². The van der Waals surface area contributed by atoms with Gasteiger partial charge >= 0.3 is 12.1 Å². The molecule has 170 valence electrons. The maximum absolute atomic E-state index is 12.6. The van der Waals surface area contributed by atoms with Crippen LogP contribution in [-0.4, -0.2) is 23.8 Å². The fourth-order valence-electron chi connectivity index (χ4n) is 4.75. The van der Waals surface area contributed by atoms with Crippen molar-refractivity contribution in [1.29, 1.82) is 0 Å². The number of fused-ring (bicyclic) bond motifs is 3. The summed E-state index contributed by atoms with van der Waals surface area (Å²) in [6.45, 7) is 8.42. The summed E-state index contributed by atoms with van der Waals surface area (Å²) in [6.07, 6.45) is -0.748. The Morgan fingerprint density at radius 3 is 2.06 bits per heavy atom. The number of carboxylic acid groups (broad SMARTS) is 1. The normalized spacial score (nSPS) is 13.7. The smallest absolute Gasteiger partial charge is 0.408 e. The number of carbonyl (C=O) groups excluding carboxylic acids is 1. The molecule has 1 atom stereocenters. The molecule has 1 amide bonds. The Labute approximate surface area is 194 Å². The number of ether oxygens (including phenoxy) is 1. The number of nitrogens with one attached hydrogen (secondary N) is 1. The second kappa shape index (κ2) is 8.74. The van der Waals surface area contributed by atoms with Crippen molar-refractivity contribution >= 4 is 12.1 Å².